The first kappa shape index (κ1) is 15.6. The second-order valence-corrected chi connectivity index (χ2v) is 7.16. The van der Waals surface area contributed by atoms with Gasteiger partial charge in [0.05, 0.1) is 16.4 Å². The smallest absolute Gasteiger partial charge is 0.188 e. The van der Waals surface area contributed by atoms with Crippen molar-refractivity contribution in [3.63, 3.8) is 0 Å². The molecule has 0 atom stereocenters. The first-order valence-electron chi connectivity index (χ1n) is 6.48. The summed E-state index contributed by atoms with van der Waals surface area (Å²) in [5.41, 5.74) is 2.70. The molecule has 0 saturated heterocycles. The molecule has 22 heavy (non-hydrogen) atoms. The summed E-state index contributed by atoms with van der Waals surface area (Å²) in [6.45, 7) is 2.03. The SMILES string of the molecule is Cc1sc(Nc2cc(Cl)ccc2Cl)nc1-c1ccc(Cl)cc1. The van der Waals surface area contributed by atoms with Gasteiger partial charge in [-0.15, -0.1) is 11.3 Å². The first-order valence-corrected chi connectivity index (χ1v) is 8.43. The van der Waals surface area contributed by atoms with E-state index in [4.69, 9.17) is 34.8 Å². The predicted molar refractivity (Wildman–Crippen MR) is 97.0 cm³/mol. The van der Waals surface area contributed by atoms with Crippen LogP contribution in [-0.2, 0) is 0 Å². The Labute approximate surface area is 147 Å². The summed E-state index contributed by atoms with van der Waals surface area (Å²) < 4.78 is 0. The third-order valence-corrected chi connectivity index (χ3v) is 4.79. The normalized spacial score (nSPS) is 10.7. The Hall–Kier alpha value is -1.26. The van der Waals surface area contributed by atoms with E-state index in [1.807, 2.05) is 31.2 Å². The molecule has 112 valence electrons. The molecule has 3 rings (SSSR count). The lowest BCUT2D eigenvalue weighted by atomic mass is 10.1. The highest BCUT2D eigenvalue weighted by atomic mass is 35.5. The molecule has 0 saturated carbocycles. The molecule has 0 fully saturated rings. The molecular formula is C16H11Cl3N2S. The van der Waals surface area contributed by atoms with Crippen LogP contribution in [0.25, 0.3) is 11.3 Å². The number of aryl methyl sites for hydroxylation is 1. The Balaban J connectivity index is 1.92. The first-order chi connectivity index (χ1) is 10.5. The van der Waals surface area contributed by atoms with Gasteiger partial charge in [-0.3, -0.25) is 0 Å². The monoisotopic (exact) mass is 368 g/mol. The van der Waals surface area contributed by atoms with Gasteiger partial charge in [0.1, 0.15) is 0 Å². The van der Waals surface area contributed by atoms with Crippen LogP contribution in [0.5, 0.6) is 0 Å². The van der Waals surface area contributed by atoms with Gasteiger partial charge in [0.25, 0.3) is 0 Å². The summed E-state index contributed by atoms with van der Waals surface area (Å²) >= 11 is 19.7. The molecule has 2 aromatic carbocycles. The van der Waals surface area contributed by atoms with Gasteiger partial charge in [0, 0.05) is 20.5 Å². The van der Waals surface area contributed by atoms with Gasteiger partial charge in [0.2, 0.25) is 0 Å². The zero-order valence-electron chi connectivity index (χ0n) is 11.5. The Bertz CT molecular complexity index is 813. The van der Waals surface area contributed by atoms with Crippen molar-refractivity contribution in [2.45, 2.75) is 6.92 Å². The van der Waals surface area contributed by atoms with Crippen molar-refractivity contribution in [1.82, 2.24) is 4.98 Å². The highest BCUT2D eigenvalue weighted by Crippen LogP contribution is 2.34. The summed E-state index contributed by atoms with van der Waals surface area (Å²) in [5.74, 6) is 0. The number of nitrogens with zero attached hydrogens (tertiary/aromatic N) is 1. The number of benzene rings is 2. The van der Waals surface area contributed by atoms with E-state index in [0.29, 0.717) is 15.1 Å². The second kappa shape index (κ2) is 6.47. The van der Waals surface area contributed by atoms with Crippen LogP contribution in [-0.4, -0.2) is 4.98 Å². The van der Waals surface area contributed by atoms with Crippen LogP contribution in [0.2, 0.25) is 15.1 Å². The van der Waals surface area contributed by atoms with E-state index in [2.05, 4.69) is 10.3 Å². The zero-order valence-corrected chi connectivity index (χ0v) is 14.6. The van der Waals surface area contributed by atoms with Crippen molar-refractivity contribution < 1.29 is 0 Å². The van der Waals surface area contributed by atoms with Gasteiger partial charge in [-0.25, -0.2) is 4.98 Å². The summed E-state index contributed by atoms with van der Waals surface area (Å²) in [6, 6.07) is 12.9. The number of anilines is 2. The molecule has 1 aromatic heterocycles. The van der Waals surface area contributed by atoms with Crippen molar-refractivity contribution in [3.8, 4) is 11.3 Å². The highest BCUT2D eigenvalue weighted by molar-refractivity contribution is 7.16. The number of nitrogens with one attached hydrogen (secondary N) is 1. The maximum absolute atomic E-state index is 6.17. The maximum Gasteiger partial charge on any atom is 0.188 e. The number of thiazole rings is 1. The molecule has 0 unspecified atom stereocenters. The third kappa shape index (κ3) is 3.39. The fourth-order valence-corrected chi connectivity index (χ4v) is 3.34. The van der Waals surface area contributed by atoms with Gasteiger partial charge in [-0.2, -0.15) is 0 Å². The summed E-state index contributed by atoms with van der Waals surface area (Å²) in [4.78, 5) is 5.75. The van der Waals surface area contributed by atoms with Gasteiger partial charge in [-0.05, 0) is 37.3 Å². The Morgan fingerprint density at radius 1 is 0.955 bits per heavy atom. The minimum Gasteiger partial charge on any atom is -0.330 e. The van der Waals surface area contributed by atoms with E-state index in [1.165, 1.54) is 0 Å². The van der Waals surface area contributed by atoms with Crippen LogP contribution in [0, 0.1) is 6.92 Å². The molecule has 0 aliphatic heterocycles. The zero-order chi connectivity index (χ0) is 15.7. The van der Waals surface area contributed by atoms with E-state index in [0.717, 1.165) is 27.0 Å². The molecule has 0 aliphatic carbocycles. The van der Waals surface area contributed by atoms with Crippen molar-refractivity contribution in [2.24, 2.45) is 0 Å². The molecular weight excluding hydrogens is 359 g/mol. The van der Waals surface area contributed by atoms with Gasteiger partial charge >= 0.3 is 0 Å². The molecule has 0 amide bonds. The molecule has 1 N–H and O–H groups in total. The second-order valence-electron chi connectivity index (χ2n) is 4.68. The molecule has 1 heterocycles. The van der Waals surface area contributed by atoms with E-state index < -0.39 is 0 Å². The lowest BCUT2D eigenvalue weighted by Crippen LogP contribution is -1.90. The third-order valence-electron chi connectivity index (χ3n) is 3.08. The van der Waals surface area contributed by atoms with Crippen LogP contribution < -0.4 is 5.32 Å². The molecule has 2 nitrogen and oxygen atoms in total. The van der Waals surface area contributed by atoms with Crippen molar-refractivity contribution in [3.05, 3.63) is 62.4 Å². The molecule has 0 aliphatic rings. The average Bonchev–Trinajstić information content (AvgIpc) is 2.84. The topological polar surface area (TPSA) is 24.9 Å². The average molecular weight is 370 g/mol. The fourth-order valence-electron chi connectivity index (χ4n) is 2.03. The molecule has 0 radical (unpaired) electrons. The Kier molecular flexibility index (Phi) is 4.59. The minimum absolute atomic E-state index is 0.602. The van der Waals surface area contributed by atoms with E-state index in [-0.39, 0.29) is 0 Å². The molecule has 3 aromatic rings. The van der Waals surface area contributed by atoms with Crippen LogP contribution in [0.15, 0.2) is 42.5 Å². The maximum atomic E-state index is 6.17. The molecule has 0 spiro atoms. The number of aromatic nitrogens is 1. The van der Waals surface area contributed by atoms with Crippen LogP contribution in [0.1, 0.15) is 4.88 Å². The van der Waals surface area contributed by atoms with Crippen LogP contribution in [0.3, 0.4) is 0 Å². The number of hydrogen-bond acceptors (Lipinski definition) is 3. The van der Waals surface area contributed by atoms with Crippen LogP contribution >= 0.6 is 46.1 Å². The van der Waals surface area contributed by atoms with Gasteiger partial charge in [-0.1, -0.05) is 46.9 Å². The lowest BCUT2D eigenvalue weighted by Gasteiger charge is -2.05. The van der Waals surface area contributed by atoms with Crippen molar-refractivity contribution in [2.75, 3.05) is 5.32 Å². The standard InChI is InChI=1S/C16H11Cl3N2S/c1-9-15(10-2-4-11(17)5-3-10)21-16(22-9)20-14-8-12(18)6-7-13(14)19/h2-8H,1H3,(H,20,21). The number of halogens is 3. The quantitative estimate of drug-likeness (QED) is 0.547. The predicted octanol–water partition coefficient (Wildman–Crippen LogP) is 6.82. The van der Waals surface area contributed by atoms with E-state index >= 15 is 0 Å². The van der Waals surface area contributed by atoms with Crippen LogP contribution in [0.4, 0.5) is 10.8 Å². The van der Waals surface area contributed by atoms with E-state index in [1.54, 1.807) is 29.5 Å². The highest BCUT2D eigenvalue weighted by Gasteiger charge is 2.11. The lowest BCUT2D eigenvalue weighted by molar-refractivity contribution is 1.36. The fraction of sp³-hybridized carbons (Fsp3) is 0.0625. The molecule has 6 heteroatoms. The Morgan fingerprint density at radius 3 is 2.36 bits per heavy atom. The summed E-state index contributed by atoms with van der Waals surface area (Å²) in [7, 11) is 0. The molecule has 0 bridgehead atoms. The van der Waals surface area contributed by atoms with Gasteiger partial charge in [0.15, 0.2) is 5.13 Å². The van der Waals surface area contributed by atoms with Gasteiger partial charge < -0.3 is 5.32 Å². The van der Waals surface area contributed by atoms with Crippen molar-refractivity contribution in [1.29, 1.82) is 0 Å². The van der Waals surface area contributed by atoms with Crippen molar-refractivity contribution >= 4 is 57.0 Å². The minimum atomic E-state index is 0.602. The largest absolute Gasteiger partial charge is 0.330 e. The number of rotatable bonds is 3. The Morgan fingerprint density at radius 2 is 1.64 bits per heavy atom. The summed E-state index contributed by atoms with van der Waals surface area (Å²) in [5, 5.41) is 5.92. The summed E-state index contributed by atoms with van der Waals surface area (Å²) in [6.07, 6.45) is 0. The number of hydrogen-bond donors (Lipinski definition) is 1. The van der Waals surface area contributed by atoms with E-state index in [9.17, 15) is 0 Å².